The highest BCUT2D eigenvalue weighted by molar-refractivity contribution is 6.42. The highest BCUT2D eigenvalue weighted by Crippen LogP contribution is 2.36. The van der Waals surface area contributed by atoms with Gasteiger partial charge in [0.15, 0.2) is 0 Å². The van der Waals surface area contributed by atoms with Crippen molar-refractivity contribution in [2.75, 3.05) is 20.6 Å². The lowest BCUT2D eigenvalue weighted by Gasteiger charge is -2.28. The topological polar surface area (TPSA) is 29.0 Å². The molecule has 1 aromatic carbocycles. The molecule has 2 aromatic rings. The summed E-state index contributed by atoms with van der Waals surface area (Å²) in [6, 6.07) is 9.72. The zero-order valence-corrected chi connectivity index (χ0v) is 16.4. The van der Waals surface area contributed by atoms with Crippen LogP contribution >= 0.6 is 23.2 Å². The molecule has 0 radical (unpaired) electrons. The number of hydrogen-bond acceptors (Lipinski definition) is 3. The van der Waals surface area contributed by atoms with E-state index in [0.29, 0.717) is 16.0 Å². The molecular weight excluding hydrogens is 353 g/mol. The average molecular weight is 378 g/mol. The van der Waals surface area contributed by atoms with Crippen molar-refractivity contribution in [1.82, 2.24) is 15.1 Å². The van der Waals surface area contributed by atoms with Gasteiger partial charge in [-0.2, -0.15) is 10.2 Å². The van der Waals surface area contributed by atoms with Gasteiger partial charge in [0.1, 0.15) is 0 Å². The number of nitrogens with zero attached hydrogens (tertiary/aromatic N) is 3. The van der Waals surface area contributed by atoms with Crippen LogP contribution in [0.4, 0.5) is 0 Å². The van der Waals surface area contributed by atoms with Gasteiger partial charge in [0.05, 0.1) is 21.4 Å². The minimum absolute atomic E-state index is 0.543. The summed E-state index contributed by atoms with van der Waals surface area (Å²) in [4.78, 5) is 2.28. The van der Waals surface area contributed by atoms with Gasteiger partial charge >= 0.3 is 0 Å². The van der Waals surface area contributed by atoms with Crippen molar-refractivity contribution in [1.29, 1.82) is 0 Å². The standard InChI is InChI=1S/C20H25Cl2N3/c1-25(2)12-11-14-3-5-15(6-4-14)19-9-10-20(24-23-19)16-7-8-17(21)18(22)13-16/h7-10,13-15H,3-6,11-12H2,1-2H3. The summed E-state index contributed by atoms with van der Waals surface area (Å²) < 4.78 is 0. The van der Waals surface area contributed by atoms with Crippen LogP contribution in [0.1, 0.15) is 43.7 Å². The highest BCUT2D eigenvalue weighted by atomic mass is 35.5. The molecular formula is C20H25Cl2N3. The number of rotatable bonds is 5. The number of hydrogen-bond donors (Lipinski definition) is 0. The summed E-state index contributed by atoms with van der Waals surface area (Å²) >= 11 is 12.1. The van der Waals surface area contributed by atoms with E-state index in [1.807, 2.05) is 18.2 Å². The molecule has 0 spiro atoms. The smallest absolute Gasteiger partial charge is 0.0930 e. The number of benzene rings is 1. The van der Waals surface area contributed by atoms with Crippen LogP contribution in [0, 0.1) is 5.92 Å². The Kier molecular flexibility index (Phi) is 6.32. The van der Waals surface area contributed by atoms with E-state index in [9.17, 15) is 0 Å². The van der Waals surface area contributed by atoms with E-state index in [1.54, 1.807) is 6.07 Å². The molecule has 1 heterocycles. The van der Waals surface area contributed by atoms with Crippen molar-refractivity contribution in [3.63, 3.8) is 0 Å². The Morgan fingerprint density at radius 2 is 1.72 bits per heavy atom. The van der Waals surface area contributed by atoms with Crippen LogP contribution in [0.15, 0.2) is 30.3 Å². The molecule has 0 bridgehead atoms. The summed E-state index contributed by atoms with van der Waals surface area (Å²) in [5.74, 6) is 1.41. The molecule has 0 amide bonds. The number of halogens is 2. The first-order valence-corrected chi connectivity index (χ1v) is 9.72. The lowest BCUT2D eigenvalue weighted by Crippen LogP contribution is -2.20. The second-order valence-electron chi connectivity index (χ2n) is 7.28. The fourth-order valence-electron chi connectivity index (χ4n) is 3.56. The van der Waals surface area contributed by atoms with Gasteiger partial charge in [0, 0.05) is 11.5 Å². The van der Waals surface area contributed by atoms with Gasteiger partial charge in [-0.05, 0) is 82.9 Å². The molecule has 5 heteroatoms. The molecule has 1 saturated carbocycles. The van der Waals surface area contributed by atoms with E-state index in [0.717, 1.165) is 22.9 Å². The van der Waals surface area contributed by atoms with Crippen LogP contribution in [0.3, 0.4) is 0 Å². The first-order valence-electron chi connectivity index (χ1n) is 8.96. The van der Waals surface area contributed by atoms with Gasteiger partial charge in [-0.1, -0.05) is 29.3 Å². The molecule has 1 aliphatic rings. The Hall–Kier alpha value is -1.16. The monoisotopic (exact) mass is 377 g/mol. The molecule has 0 unspecified atom stereocenters. The third-order valence-corrected chi connectivity index (χ3v) is 5.89. The fraction of sp³-hybridized carbons (Fsp3) is 0.500. The first-order chi connectivity index (χ1) is 12.0. The maximum atomic E-state index is 6.09. The van der Waals surface area contributed by atoms with Crippen LogP contribution in [0.5, 0.6) is 0 Å². The van der Waals surface area contributed by atoms with Crippen LogP contribution in [-0.2, 0) is 0 Å². The SMILES string of the molecule is CN(C)CCC1CCC(c2ccc(-c3ccc(Cl)c(Cl)c3)nn2)CC1. The van der Waals surface area contributed by atoms with Gasteiger partial charge in [-0.15, -0.1) is 0 Å². The van der Waals surface area contributed by atoms with Crippen molar-refractivity contribution in [2.24, 2.45) is 5.92 Å². The second kappa shape index (κ2) is 8.48. The van der Waals surface area contributed by atoms with E-state index < -0.39 is 0 Å². The minimum atomic E-state index is 0.543. The third-order valence-electron chi connectivity index (χ3n) is 5.15. The molecule has 1 aliphatic carbocycles. The summed E-state index contributed by atoms with van der Waals surface area (Å²) in [7, 11) is 4.30. The molecule has 0 atom stereocenters. The van der Waals surface area contributed by atoms with Crippen molar-refractivity contribution >= 4 is 23.2 Å². The second-order valence-corrected chi connectivity index (χ2v) is 8.10. The third kappa shape index (κ3) is 4.93. The number of aromatic nitrogens is 2. The fourth-order valence-corrected chi connectivity index (χ4v) is 3.86. The Labute approximate surface area is 160 Å². The van der Waals surface area contributed by atoms with E-state index in [4.69, 9.17) is 23.2 Å². The summed E-state index contributed by atoms with van der Waals surface area (Å²) in [6.07, 6.45) is 6.35. The van der Waals surface area contributed by atoms with Crippen molar-refractivity contribution in [3.05, 3.63) is 46.1 Å². The van der Waals surface area contributed by atoms with Gasteiger partial charge in [-0.3, -0.25) is 0 Å². The van der Waals surface area contributed by atoms with Crippen LogP contribution < -0.4 is 0 Å². The quantitative estimate of drug-likeness (QED) is 0.671. The Balaban J connectivity index is 1.60. The minimum Gasteiger partial charge on any atom is -0.309 e. The Morgan fingerprint density at radius 1 is 0.960 bits per heavy atom. The molecule has 0 aliphatic heterocycles. The van der Waals surface area contributed by atoms with Crippen LogP contribution in [0.2, 0.25) is 10.0 Å². The predicted octanol–water partition coefficient (Wildman–Crippen LogP) is 5.68. The summed E-state index contributed by atoms with van der Waals surface area (Å²) in [6.45, 7) is 1.19. The van der Waals surface area contributed by atoms with Gasteiger partial charge in [-0.25, -0.2) is 0 Å². The average Bonchev–Trinajstić information content (AvgIpc) is 2.63. The summed E-state index contributed by atoms with van der Waals surface area (Å²) in [5, 5.41) is 10.0. The lowest BCUT2D eigenvalue weighted by molar-refractivity contribution is 0.272. The van der Waals surface area contributed by atoms with Crippen LogP contribution in [0.25, 0.3) is 11.3 Å². The molecule has 0 saturated heterocycles. The molecule has 0 N–H and O–H groups in total. The Bertz CT molecular complexity index is 693. The lowest BCUT2D eigenvalue weighted by atomic mass is 9.79. The largest absolute Gasteiger partial charge is 0.309 e. The maximum Gasteiger partial charge on any atom is 0.0930 e. The van der Waals surface area contributed by atoms with Gasteiger partial charge in [0.25, 0.3) is 0 Å². The molecule has 3 rings (SSSR count). The normalized spacial score (nSPS) is 20.8. The van der Waals surface area contributed by atoms with Crippen LogP contribution in [-0.4, -0.2) is 35.7 Å². The van der Waals surface area contributed by atoms with Gasteiger partial charge in [0.2, 0.25) is 0 Å². The van der Waals surface area contributed by atoms with E-state index in [1.165, 1.54) is 38.6 Å². The van der Waals surface area contributed by atoms with Crippen molar-refractivity contribution in [3.8, 4) is 11.3 Å². The molecule has 3 nitrogen and oxygen atoms in total. The zero-order chi connectivity index (χ0) is 17.8. The predicted molar refractivity (Wildman–Crippen MR) is 105 cm³/mol. The summed E-state index contributed by atoms with van der Waals surface area (Å²) in [5.41, 5.74) is 2.90. The molecule has 1 aromatic heterocycles. The van der Waals surface area contributed by atoms with E-state index in [2.05, 4.69) is 35.3 Å². The molecule has 134 valence electrons. The molecule has 1 fully saturated rings. The first kappa shape index (κ1) is 18.6. The maximum absolute atomic E-state index is 6.09. The zero-order valence-electron chi connectivity index (χ0n) is 14.9. The van der Waals surface area contributed by atoms with E-state index in [-0.39, 0.29) is 0 Å². The van der Waals surface area contributed by atoms with Gasteiger partial charge < -0.3 is 4.90 Å². The van der Waals surface area contributed by atoms with E-state index >= 15 is 0 Å². The van der Waals surface area contributed by atoms with Crippen molar-refractivity contribution < 1.29 is 0 Å². The highest BCUT2D eigenvalue weighted by Gasteiger charge is 2.23. The molecule has 25 heavy (non-hydrogen) atoms. The Morgan fingerprint density at radius 3 is 2.32 bits per heavy atom. The van der Waals surface area contributed by atoms with Crippen molar-refractivity contribution in [2.45, 2.75) is 38.0 Å².